The van der Waals surface area contributed by atoms with Crippen molar-refractivity contribution in [1.29, 1.82) is 0 Å². The Kier molecular flexibility index (Phi) is 5.96. The fourth-order valence-corrected chi connectivity index (χ4v) is 3.13. The first-order valence-corrected chi connectivity index (χ1v) is 8.97. The van der Waals surface area contributed by atoms with Crippen molar-refractivity contribution in [2.24, 2.45) is 0 Å². The number of hydrogen-bond acceptors (Lipinski definition) is 4. The zero-order valence-corrected chi connectivity index (χ0v) is 15.3. The van der Waals surface area contributed by atoms with Gasteiger partial charge in [-0.05, 0) is 30.3 Å². The molecule has 1 saturated heterocycles. The van der Waals surface area contributed by atoms with E-state index in [9.17, 15) is 4.79 Å². The minimum atomic E-state index is -0.150. The third kappa shape index (κ3) is 4.98. The minimum absolute atomic E-state index is 0.150. The molecule has 132 valence electrons. The van der Waals surface area contributed by atoms with Crippen molar-refractivity contribution in [3.05, 3.63) is 63.9 Å². The van der Waals surface area contributed by atoms with Crippen LogP contribution in [0.15, 0.2) is 42.6 Å². The molecule has 1 fully saturated rings. The Balaban J connectivity index is 1.52. The van der Waals surface area contributed by atoms with Crippen molar-refractivity contribution in [2.45, 2.75) is 13.1 Å². The zero-order chi connectivity index (χ0) is 17.6. The van der Waals surface area contributed by atoms with Gasteiger partial charge >= 0.3 is 0 Å². The lowest BCUT2D eigenvalue weighted by atomic mass is 10.1. The van der Waals surface area contributed by atoms with E-state index in [4.69, 9.17) is 12.2 Å². The van der Waals surface area contributed by atoms with E-state index in [-0.39, 0.29) is 5.91 Å². The summed E-state index contributed by atoms with van der Waals surface area (Å²) in [6, 6.07) is 12.0. The van der Waals surface area contributed by atoms with E-state index in [1.807, 2.05) is 0 Å². The number of likely N-dealkylation sites (N-methyl/N-ethyl adjacent to an activating group) is 1. The van der Waals surface area contributed by atoms with Crippen molar-refractivity contribution in [1.82, 2.24) is 20.1 Å². The first-order valence-electron chi connectivity index (χ1n) is 8.56. The average Bonchev–Trinajstić information content (AvgIpc) is 2.63. The Hall–Kier alpha value is -2.02. The molecule has 1 aromatic carbocycles. The van der Waals surface area contributed by atoms with Gasteiger partial charge in [0.05, 0.1) is 5.56 Å². The van der Waals surface area contributed by atoms with Crippen LogP contribution in [0.1, 0.15) is 21.5 Å². The molecule has 6 heteroatoms. The molecule has 0 atom stereocenters. The van der Waals surface area contributed by atoms with E-state index in [2.05, 4.69) is 51.4 Å². The Morgan fingerprint density at radius 3 is 2.48 bits per heavy atom. The Labute approximate surface area is 153 Å². The average molecular weight is 356 g/mol. The molecule has 25 heavy (non-hydrogen) atoms. The fourth-order valence-electron chi connectivity index (χ4n) is 2.90. The standard InChI is InChI=1S/C19H24N4OS/c1-22-9-11-23(12-10-22)14-16-6-4-15(5-7-16)13-21-18(24)17-3-2-8-20-19(17)25/h2-8H,9-14H2,1H3,(H,20,25)(H,21,24). The highest BCUT2D eigenvalue weighted by Crippen LogP contribution is 2.10. The third-order valence-corrected chi connectivity index (χ3v) is 4.88. The van der Waals surface area contributed by atoms with Crippen LogP contribution >= 0.6 is 12.2 Å². The quantitative estimate of drug-likeness (QED) is 0.808. The van der Waals surface area contributed by atoms with Crippen LogP contribution in [-0.2, 0) is 13.1 Å². The molecule has 2 aromatic rings. The van der Waals surface area contributed by atoms with Crippen LogP contribution in [0, 0.1) is 4.64 Å². The van der Waals surface area contributed by atoms with Crippen molar-refractivity contribution in [3.8, 4) is 0 Å². The largest absolute Gasteiger partial charge is 0.352 e. The van der Waals surface area contributed by atoms with Crippen molar-refractivity contribution in [3.63, 3.8) is 0 Å². The number of benzene rings is 1. The molecular formula is C19H24N4OS. The number of aromatic amines is 1. The monoisotopic (exact) mass is 356 g/mol. The van der Waals surface area contributed by atoms with Gasteiger partial charge in [-0.3, -0.25) is 9.69 Å². The molecule has 0 unspecified atom stereocenters. The summed E-state index contributed by atoms with van der Waals surface area (Å²) in [4.78, 5) is 19.9. The van der Waals surface area contributed by atoms with Crippen molar-refractivity contribution >= 4 is 18.1 Å². The lowest BCUT2D eigenvalue weighted by molar-refractivity contribution is 0.0950. The highest BCUT2D eigenvalue weighted by Gasteiger charge is 2.13. The van der Waals surface area contributed by atoms with Gasteiger partial charge in [-0.25, -0.2) is 0 Å². The highest BCUT2D eigenvalue weighted by atomic mass is 32.1. The molecule has 5 nitrogen and oxygen atoms in total. The number of nitrogens with one attached hydrogen (secondary N) is 2. The molecule has 1 aromatic heterocycles. The van der Waals surface area contributed by atoms with Gasteiger partial charge in [-0.15, -0.1) is 0 Å². The molecule has 2 N–H and O–H groups in total. The van der Waals surface area contributed by atoms with Gasteiger partial charge in [-0.1, -0.05) is 36.5 Å². The summed E-state index contributed by atoms with van der Waals surface area (Å²) in [6.07, 6.45) is 1.72. The predicted molar refractivity (Wildman–Crippen MR) is 102 cm³/mol. The van der Waals surface area contributed by atoms with Crippen LogP contribution in [0.4, 0.5) is 0 Å². The topological polar surface area (TPSA) is 51.4 Å². The first-order chi connectivity index (χ1) is 12.1. The number of piperazine rings is 1. The molecule has 0 spiro atoms. The van der Waals surface area contributed by atoms with Crippen LogP contribution in [0.2, 0.25) is 0 Å². The number of rotatable bonds is 5. The first kappa shape index (κ1) is 17.8. The Bertz CT molecular complexity index is 763. The molecule has 0 saturated carbocycles. The van der Waals surface area contributed by atoms with Crippen LogP contribution in [0.25, 0.3) is 0 Å². The van der Waals surface area contributed by atoms with Gasteiger partial charge in [0.2, 0.25) is 0 Å². The molecule has 0 radical (unpaired) electrons. The summed E-state index contributed by atoms with van der Waals surface area (Å²) in [5.74, 6) is -0.150. The molecule has 3 rings (SSSR count). The summed E-state index contributed by atoms with van der Waals surface area (Å²) in [7, 11) is 2.17. The van der Waals surface area contributed by atoms with E-state index in [1.54, 1.807) is 18.3 Å². The SMILES string of the molecule is CN1CCN(Cc2ccc(CNC(=O)c3ccc[nH]c3=S)cc2)CC1. The number of amides is 1. The van der Waals surface area contributed by atoms with Crippen molar-refractivity contribution < 1.29 is 4.79 Å². The van der Waals surface area contributed by atoms with Crippen molar-refractivity contribution in [2.75, 3.05) is 33.2 Å². The van der Waals surface area contributed by atoms with Gasteiger partial charge < -0.3 is 15.2 Å². The van der Waals surface area contributed by atoms with E-state index in [0.717, 1.165) is 38.3 Å². The number of nitrogens with zero attached hydrogens (tertiary/aromatic N) is 2. The second-order valence-electron chi connectivity index (χ2n) is 6.49. The fraction of sp³-hybridized carbons (Fsp3) is 0.368. The number of pyridine rings is 1. The Morgan fingerprint density at radius 1 is 1.12 bits per heavy atom. The number of carbonyl (C=O) groups excluding carboxylic acids is 1. The van der Waals surface area contributed by atoms with Gasteiger partial charge in [0.25, 0.3) is 5.91 Å². The summed E-state index contributed by atoms with van der Waals surface area (Å²) >= 11 is 5.14. The summed E-state index contributed by atoms with van der Waals surface area (Å²) in [6.45, 7) is 5.98. The molecular weight excluding hydrogens is 332 g/mol. The molecule has 0 aliphatic carbocycles. The molecule has 1 aliphatic rings. The van der Waals surface area contributed by atoms with E-state index >= 15 is 0 Å². The zero-order valence-electron chi connectivity index (χ0n) is 14.5. The number of aromatic nitrogens is 1. The molecule has 2 heterocycles. The third-order valence-electron chi connectivity index (χ3n) is 4.54. The van der Waals surface area contributed by atoms with Crippen LogP contribution < -0.4 is 5.32 Å². The second-order valence-corrected chi connectivity index (χ2v) is 6.90. The van der Waals surface area contributed by atoms with Gasteiger partial charge in [0.15, 0.2) is 0 Å². The Morgan fingerprint density at radius 2 is 1.80 bits per heavy atom. The summed E-state index contributed by atoms with van der Waals surface area (Å²) in [5, 5.41) is 2.92. The van der Waals surface area contributed by atoms with Gasteiger partial charge in [0.1, 0.15) is 4.64 Å². The van der Waals surface area contributed by atoms with E-state index < -0.39 is 0 Å². The lowest BCUT2D eigenvalue weighted by Gasteiger charge is -2.32. The van der Waals surface area contributed by atoms with Crippen LogP contribution in [0.5, 0.6) is 0 Å². The summed E-state index contributed by atoms with van der Waals surface area (Å²) < 4.78 is 0.461. The summed E-state index contributed by atoms with van der Waals surface area (Å²) in [5.41, 5.74) is 2.90. The number of hydrogen-bond donors (Lipinski definition) is 2. The maximum Gasteiger partial charge on any atom is 0.254 e. The van der Waals surface area contributed by atoms with Crippen LogP contribution in [-0.4, -0.2) is 53.9 Å². The number of carbonyl (C=O) groups is 1. The van der Waals surface area contributed by atoms with Gasteiger partial charge in [0, 0.05) is 45.5 Å². The normalized spacial score (nSPS) is 15.9. The van der Waals surface area contributed by atoms with Crippen LogP contribution in [0.3, 0.4) is 0 Å². The molecule has 1 amide bonds. The highest BCUT2D eigenvalue weighted by molar-refractivity contribution is 7.71. The maximum atomic E-state index is 12.2. The van der Waals surface area contributed by atoms with E-state index in [1.165, 1.54) is 5.56 Å². The molecule has 1 aliphatic heterocycles. The molecule has 0 bridgehead atoms. The predicted octanol–water partition coefficient (Wildman–Crippen LogP) is 2.42. The number of H-pyrrole nitrogens is 1. The maximum absolute atomic E-state index is 12.2. The van der Waals surface area contributed by atoms with E-state index in [0.29, 0.717) is 16.7 Å². The lowest BCUT2D eigenvalue weighted by Crippen LogP contribution is -2.43. The smallest absolute Gasteiger partial charge is 0.254 e. The second kappa shape index (κ2) is 8.38. The van der Waals surface area contributed by atoms with Gasteiger partial charge in [-0.2, -0.15) is 0 Å². The minimum Gasteiger partial charge on any atom is -0.352 e.